The Morgan fingerprint density at radius 3 is 3.00 bits per heavy atom. The first kappa shape index (κ1) is 14.7. The fourth-order valence-corrected chi connectivity index (χ4v) is 4.10. The number of Topliss-reactive ketones (excluding diaryl/α,β-unsaturated/α-hetero) is 1. The number of ketones is 1. The molecule has 2 aliphatic rings. The molecule has 2 heterocycles. The van der Waals surface area contributed by atoms with E-state index >= 15 is 0 Å². The van der Waals surface area contributed by atoms with Gasteiger partial charge in [0.1, 0.15) is 0 Å². The standard InChI is InChI=1S/C15H19NO4S/c1-8(17)12-5-9(7-21-12)15(18)16-13-10-3-4-20-14(10)11(13)6-19-2/h5,7,10-11,13-14H,3-4,6H2,1-2H3,(H,16,18)/t10-,11+,13+,14-/m0/s1. The van der Waals surface area contributed by atoms with Crippen LogP contribution >= 0.6 is 11.3 Å². The Bertz CT molecular complexity index is 556. The highest BCUT2D eigenvalue weighted by Crippen LogP contribution is 2.43. The fraction of sp³-hybridized carbons (Fsp3) is 0.600. The molecule has 2 fully saturated rings. The van der Waals surface area contributed by atoms with E-state index in [0.717, 1.165) is 13.0 Å². The maximum absolute atomic E-state index is 12.3. The van der Waals surface area contributed by atoms with Gasteiger partial charge in [-0.3, -0.25) is 9.59 Å². The molecule has 3 rings (SSSR count). The Labute approximate surface area is 127 Å². The molecule has 4 atom stereocenters. The SMILES string of the molecule is COC[C@@H]1[C@H](NC(=O)c2csc(C(C)=O)c2)[C@@H]2CCO[C@H]12. The minimum Gasteiger partial charge on any atom is -0.384 e. The van der Waals surface area contributed by atoms with E-state index in [1.165, 1.54) is 18.3 Å². The molecule has 1 saturated carbocycles. The second kappa shape index (κ2) is 5.87. The number of amides is 1. The summed E-state index contributed by atoms with van der Waals surface area (Å²) in [5.41, 5.74) is 0.559. The first-order chi connectivity index (χ1) is 10.1. The van der Waals surface area contributed by atoms with Gasteiger partial charge in [0.2, 0.25) is 0 Å². The molecule has 1 N–H and O–H groups in total. The van der Waals surface area contributed by atoms with Crippen LogP contribution in [0.15, 0.2) is 11.4 Å². The zero-order chi connectivity index (χ0) is 15.0. The van der Waals surface area contributed by atoms with Crippen LogP contribution in [0.4, 0.5) is 0 Å². The average molecular weight is 309 g/mol. The highest BCUT2D eigenvalue weighted by molar-refractivity contribution is 7.12. The van der Waals surface area contributed by atoms with Crippen molar-refractivity contribution in [3.8, 4) is 0 Å². The molecule has 21 heavy (non-hydrogen) atoms. The summed E-state index contributed by atoms with van der Waals surface area (Å²) in [6, 6.07) is 1.76. The summed E-state index contributed by atoms with van der Waals surface area (Å²) in [6.07, 6.45) is 1.20. The maximum atomic E-state index is 12.3. The van der Waals surface area contributed by atoms with Crippen molar-refractivity contribution >= 4 is 23.0 Å². The predicted octanol–water partition coefficient (Wildman–Crippen LogP) is 1.73. The smallest absolute Gasteiger partial charge is 0.252 e. The number of carbonyl (C=O) groups excluding carboxylic acids is 2. The number of fused-ring (bicyclic) bond motifs is 1. The summed E-state index contributed by atoms with van der Waals surface area (Å²) in [4.78, 5) is 24.2. The van der Waals surface area contributed by atoms with Crippen molar-refractivity contribution in [3.63, 3.8) is 0 Å². The van der Waals surface area contributed by atoms with Crippen LogP contribution < -0.4 is 5.32 Å². The summed E-state index contributed by atoms with van der Waals surface area (Å²) in [5.74, 6) is 0.483. The predicted molar refractivity (Wildman–Crippen MR) is 78.8 cm³/mol. The molecule has 5 nitrogen and oxygen atoms in total. The molecule has 1 aromatic rings. The van der Waals surface area contributed by atoms with Gasteiger partial charge in [0, 0.05) is 37.0 Å². The van der Waals surface area contributed by atoms with Crippen molar-refractivity contribution < 1.29 is 19.1 Å². The van der Waals surface area contributed by atoms with E-state index in [2.05, 4.69) is 5.32 Å². The second-order valence-electron chi connectivity index (χ2n) is 5.66. The van der Waals surface area contributed by atoms with E-state index < -0.39 is 0 Å². The number of nitrogens with one attached hydrogen (secondary N) is 1. The van der Waals surface area contributed by atoms with Gasteiger partial charge in [-0.1, -0.05) is 0 Å². The zero-order valence-electron chi connectivity index (χ0n) is 12.1. The molecule has 0 aromatic carbocycles. The monoisotopic (exact) mass is 309 g/mol. The summed E-state index contributed by atoms with van der Waals surface area (Å²) in [7, 11) is 1.67. The fourth-order valence-electron chi connectivity index (χ4n) is 3.31. The highest BCUT2D eigenvalue weighted by atomic mass is 32.1. The topological polar surface area (TPSA) is 64.6 Å². The van der Waals surface area contributed by atoms with Crippen molar-refractivity contribution in [1.82, 2.24) is 5.32 Å². The minimum absolute atomic E-state index is 0.00999. The third-order valence-electron chi connectivity index (χ3n) is 4.39. The van der Waals surface area contributed by atoms with Crippen LogP contribution in [0.1, 0.15) is 33.4 Å². The lowest BCUT2D eigenvalue weighted by atomic mass is 9.67. The molecule has 0 bridgehead atoms. The van der Waals surface area contributed by atoms with Crippen LogP contribution in [0.5, 0.6) is 0 Å². The summed E-state index contributed by atoms with van der Waals surface area (Å²) in [5, 5.41) is 4.82. The lowest BCUT2D eigenvalue weighted by Crippen LogP contribution is -2.62. The molecule has 6 heteroatoms. The molecule has 1 aliphatic carbocycles. The maximum Gasteiger partial charge on any atom is 0.252 e. The number of carbonyl (C=O) groups is 2. The lowest BCUT2D eigenvalue weighted by molar-refractivity contribution is -0.0809. The van der Waals surface area contributed by atoms with Crippen LogP contribution in [0.3, 0.4) is 0 Å². The lowest BCUT2D eigenvalue weighted by Gasteiger charge is -2.47. The van der Waals surface area contributed by atoms with E-state index in [1.54, 1.807) is 18.6 Å². The number of rotatable bonds is 5. The van der Waals surface area contributed by atoms with E-state index in [9.17, 15) is 9.59 Å². The Morgan fingerprint density at radius 2 is 2.33 bits per heavy atom. The Morgan fingerprint density at radius 1 is 1.52 bits per heavy atom. The molecule has 1 aromatic heterocycles. The molecular formula is C15H19NO4S. The van der Waals surface area contributed by atoms with Gasteiger partial charge in [0.25, 0.3) is 5.91 Å². The van der Waals surface area contributed by atoms with Gasteiger partial charge in [0.05, 0.1) is 23.2 Å². The number of hydrogen-bond donors (Lipinski definition) is 1. The zero-order valence-corrected chi connectivity index (χ0v) is 12.9. The molecule has 1 saturated heterocycles. The van der Waals surface area contributed by atoms with Gasteiger partial charge in [-0.2, -0.15) is 0 Å². The van der Waals surface area contributed by atoms with Crippen LogP contribution in [-0.2, 0) is 9.47 Å². The average Bonchev–Trinajstić information content (AvgIpc) is 3.09. The Hall–Kier alpha value is -1.24. The normalized spacial score (nSPS) is 30.6. The van der Waals surface area contributed by atoms with Crippen molar-refractivity contribution in [1.29, 1.82) is 0 Å². The summed E-state index contributed by atoms with van der Waals surface area (Å²) >= 11 is 1.31. The number of thiophene rings is 1. The molecule has 114 valence electrons. The van der Waals surface area contributed by atoms with Gasteiger partial charge in [0.15, 0.2) is 5.78 Å². The molecule has 0 spiro atoms. The van der Waals surface area contributed by atoms with Crippen LogP contribution in [-0.4, -0.2) is 44.2 Å². The van der Waals surface area contributed by atoms with Crippen LogP contribution in [0.25, 0.3) is 0 Å². The second-order valence-corrected chi connectivity index (χ2v) is 6.57. The number of hydrogen-bond acceptors (Lipinski definition) is 5. The third-order valence-corrected chi connectivity index (χ3v) is 5.42. The van der Waals surface area contributed by atoms with Gasteiger partial charge < -0.3 is 14.8 Å². The molecule has 1 amide bonds. The largest absolute Gasteiger partial charge is 0.384 e. The molecule has 0 radical (unpaired) electrons. The third kappa shape index (κ3) is 2.63. The van der Waals surface area contributed by atoms with E-state index in [4.69, 9.17) is 9.47 Å². The molecule has 0 unspecified atom stereocenters. The number of methoxy groups -OCH3 is 1. The van der Waals surface area contributed by atoms with Crippen molar-refractivity contribution in [2.75, 3.05) is 20.3 Å². The quantitative estimate of drug-likeness (QED) is 0.841. The highest BCUT2D eigenvalue weighted by Gasteiger charge is 2.54. The van der Waals surface area contributed by atoms with Gasteiger partial charge in [-0.25, -0.2) is 0 Å². The van der Waals surface area contributed by atoms with Crippen molar-refractivity contribution in [2.24, 2.45) is 11.8 Å². The number of ether oxygens (including phenoxy) is 2. The van der Waals surface area contributed by atoms with Crippen LogP contribution in [0, 0.1) is 11.8 Å². The summed E-state index contributed by atoms with van der Waals surface area (Å²) in [6.45, 7) is 2.86. The Kier molecular flexibility index (Phi) is 4.10. The van der Waals surface area contributed by atoms with Gasteiger partial charge in [-0.15, -0.1) is 11.3 Å². The Balaban J connectivity index is 1.67. The van der Waals surface area contributed by atoms with E-state index in [1.807, 2.05) is 0 Å². The van der Waals surface area contributed by atoms with Crippen LogP contribution in [0.2, 0.25) is 0 Å². The first-order valence-corrected chi connectivity index (χ1v) is 8.00. The van der Waals surface area contributed by atoms with Crippen molar-refractivity contribution in [3.05, 3.63) is 21.9 Å². The molecule has 1 aliphatic heterocycles. The van der Waals surface area contributed by atoms with Gasteiger partial charge in [-0.05, 0) is 19.4 Å². The van der Waals surface area contributed by atoms with Crippen molar-refractivity contribution in [2.45, 2.75) is 25.5 Å². The first-order valence-electron chi connectivity index (χ1n) is 7.12. The van der Waals surface area contributed by atoms with Gasteiger partial charge >= 0.3 is 0 Å². The van der Waals surface area contributed by atoms with E-state index in [0.29, 0.717) is 23.0 Å². The molecular weight excluding hydrogens is 290 g/mol. The minimum atomic E-state index is -0.116. The van der Waals surface area contributed by atoms with E-state index in [-0.39, 0.29) is 29.8 Å². The summed E-state index contributed by atoms with van der Waals surface area (Å²) < 4.78 is 10.9.